The van der Waals surface area contributed by atoms with Gasteiger partial charge in [0, 0.05) is 12.2 Å². The number of hydrogen-bond acceptors (Lipinski definition) is 4. The predicted molar refractivity (Wildman–Crippen MR) is 71.5 cm³/mol. The second kappa shape index (κ2) is 9.20. The molecule has 0 fully saturated rings. The molecule has 1 atom stereocenters. The van der Waals surface area contributed by atoms with Crippen LogP contribution in [0.4, 0.5) is 26.3 Å². The van der Waals surface area contributed by atoms with Crippen LogP contribution in [0, 0.1) is 0 Å². The Labute approximate surface area is 137 Å². The summed E-state index contributed by atoms with van der Waals surface area (Å²) in [5.74, 6) is -5.51. The van der Waals surface area contributed by atoms with Crippen LogP contribution >= 0.6 is 0 Å². The number of hydrogen-bond donors (Lipinski definition) is 3. The van der Waals surface area contributed by atoms with Crippen LogP contribution in [0.2, 0.25) is 0 Å². The smallest absolute Gasteiger partial charge is 0.475 e. The van der Waals surface area contributed by atoms with Gasteiger partial charge in [0.25, 0.3) is 0 Å². The van der Waals surface area contributed by atoms with Crippen LogP contribution in [-0.4, -0.2) is 39.5 Å². The highest BCUT2D eigenvalue weighted by Crippen LogP contribution is 2.25. The summed E-state index contributed by atoms with van der Waals surface area (Å²) in [7, 11) is 0. The maximum atomic E-state index is 10.6. The molecule has 1 heterocycles. The number of carboxylic acids is 2. The van der Waals surface area contributed by atoms with E-state index in [-0.39, 0.29) is 6.04 Å². The molecule has 1 aromatic rings. The van der Waals surface area contributed by atoms with Gasteiger partial charge in [-0.05, 0) is 30.9 Å². The molecule has 4 N–H and O–H groups in total. The van der Waals surface area contributed by atoms with E-state index in [0.717, 1.165) is 18.5 Å². The zero-order valence-electron chi connectivity index (χ0n) is 12.4. The Hall–Kier alpha value is -2.37. The van der Waals surface area contributed by atoms with Crippen molar-refractivity contribution < 1.29 is 46.1 Å². The molecule has 1 aliphatic carbocycles. The van der Waals surface area contributed by atoms with Crippen LogP contribution < -0.4 is 5.73 Å². The molecule has 2 rings (SSSR count). The summed E-state index contributed by atoms with van der Waals surface area (Å²) in [5.41, 5.74) is 8.33. The minimum absolute atomic E-state index is 0.181. The van der Waals surface area contributed by atoms with Crippen molar-refractivity contribution >= 4 is 11.9 Å². The fourth-order valence-electron chi connectivity index (χ4n) is 1.65. The molecule has 0 unspecified atom stereocenters. The molecule has 6 nitrogen and oxygen atoms in total. The number of pyridine rings is 1. The number of aliphatic carboxylic acids is 2. The molecular weight excluding hydrogens is 362 g/mol. The third kappa shape index (κ3) is 8.88. The largest absolute Gasteiger partial charge is 0.490 e. The highest BCUT2D eigenvalue weighted by molar-refractivity contribution is 5.73. The van der Waals surface area contributed by atoms with E-state index in [4.69, 9.17) is 25.5 Å². The lowest BCUT2D eigenvalue weighted by Crippen LogP contribution is -2.21. The summed E-state index contributed by atoms with van der Waals surface area (Å²) in [6.07, 6.45) is -4.90. The number of aryl methyl sites for hydroxylation is 1. The fourth-order valence-corrected chi connectivity index (χ4v) is 1.65. The normalized spacial score (nSPS) is 16.4. The van der Waals surface area contributed by atoms with Crippen molar-refractivity contribution in [1.29, 1.82) is 0 Å². The Bertz CT molecular complexity index is 565. The maximum Gasteiger partial charge on any atom is 0.490 e. The molecule has 0 aliphatic heterocycles. The van der Waals surface area contributed by atoms with E-state index in [9.17, 15) is 26.3 Å². The highest BCUT2D eigenvalue weighted by Gasteiger charge is 2.38. The average molecular weight is 376 g/mol. The quantitative estimate of drug-likeness (QED) is 0.600. The van der Waals surface area contributed by atoms with Gasteiger partial charge in [-0.1, -0.05) is 6.07 Å². The van der Waals surface area contributed by atoms with Crippen LogP contribution in [0.5, 0.6) is 0 Å². The van der Waals surface area contributed by atoms with Crippen LogP contribution in [0.3, 0.4) is 0 Å². The molecule has 0 spiro atoms. The van der Waals surface area contributed by atoms with Gasteiger partial charge in [0.1, 0.15) is 0 Å². The van der Waals surface area contributed by atoms with Gasteiger partial charge < -0.3 is 15.9 Å². The van der Waals surface area contributed by atoms with Crippen molar-refractivity contribution in [2.24, 2.45) is 5.73 Å². The number of aromatic nitrogens is 1. The number of fused-ring (bicyclic) bond motifs is 1. The van der Waals surface area contributed by atoms with Gasteiger partial charge in [0.2, 0.25) is 0 Å². The van der Waals surface area contributed by atoms with E-state index in [1.165, 1.54) is 12.0 Å². The first-order chi connectivity index (χ1) is 11.3. The van der Waals surface area contributed by atoms with Crippen LogP contribution in [0.15, 0.2) is 18.3 Å². The number of rotatable bonds is 0. The number of carboxylic acid groups (broad SMARTS) is 2. The third-order valence-electron chi connectivity index (χ3n) is 2.72. The fraction of sp³-hybridized carbons (Fsp3) is 0.462. The zero-order chi connectivity index (χ0) is 19.8. The van der Waals surface area contributed by atoms with Crippen molar-refractivity contribution in [3.05, 3.63) is 29.6 Å². The summed E-state index contributed by atoms with van der Waals surface area (Å²) in [6.45, 7) is 0. The molecule has 12 heteroatoms. The van der Waals surface area contributed by atoms with Crippen LogP contribution in [0.25, 0.3) is 0 Å². The standard InChI is InChI=1S/C9H12N2.2C2HF3O2/c10-8-5-1-3-7-4-2-6-11-9(7)8;2*3-2(4,5)1(6)7/h2,4,6,8H,1,3,5,10H2;2*(H,6,7)/t8-;;/m0../s1. The molecule has 25 heavy (non-hydrogen) atoms. The van der Waals surface area contributed by atoms with Crippen molar-refractivity contribution in [1.82, 2.24) is 4.98 Å². The number of nitrogens with two attached hydrogens (primary N) is 1. The lowest BCUT2D eigenvalue weighted by molar-refractivity contribution is -0.193. The van der Waals surface area contributed by atoms with E-state index >= 15 is 0 Å². The van der Waals surface area contributed by atoms with Gasteiger partial charge in [-0.15, -0.1) is 0 Å². The van der Waals surface area contributed by atoms with E-state index in [1.807, 2.05) is 12.3 Å². The Balaban J connectivity index is 0.000000366. The van der Waals surface area contributed by atoms with Gasteiger partial charge in [0.15, 0.2) is 0 Å². The summed E-state index contributed by atoms with van der Waals surface area (Å²) in [4.78, 5) is 22.1. The Morgan fingerprint density at radius 3 is 1.88 bits per heavy atom. The molecule has 0 amide bonds. The summed E-state index contributed by atoms with van der Waals surface area (Å²) < 4.78 is 63.5. The van der Waals surface area contributed by atoms with Gasteiger partial charge in [-0.2, -0.15) is 26.3 Å². The predicted octanol–water partition coefficient (Wildman–Crippen LogP) is 2.68. The molecule has 0 saturated carbocycles. The number of alkyl halides is 6. The first-order valence-corrected chi connectivity index (χ1v) is 6.56. The molecule has 1 aromatic heterocycles. The lowest BCUT2D eigenvalue weighted by atomic mass is 9.93. The minimum Gasteiger partial charge on any atom is -0.475 e. The van der Waals surface area contributed by atoms with Gasteiger partial charge in [0.05, 0.1) is 5.69 Å². The second-order valence-electron chi connectivity index (χ2n) is 4.65. The molecule has 0 bridgehead atoms. The lowest BCUT2D eigenvalue weighted by Gasteiger charge is -2.19. The Kier molecular flexibility index (Phi) is 8.33. The van der Waals surface area contributed by atoms with Gasteiger partial charge in [-0.25, -0.2) is 9.59 Å². The van der Waals surface area contributed by atoms with E-state index in [1.54, 1.807) is 0 Å². The van der Waals surface area contributed by atoms with Crippen LogP contribution in [-0.2, 0) is 16.0 Å². The molecule has 1 aliphatic rings. The number of carbonyl (C=O) groups is 2. The van der Waals surface area contributed by atoms with Gasteiger partial charge >= 0.3 is 24.3 Å². The van der Waals surface area contributed by atoms with Crippen molar-refractivity contribution in [2.45, 2.75) is 37.7 Å². The first kappa shape index (κ1) is 22.6. The van der Waals surface area contributed by atoms with Crippen LogP contribution in [0.1, 0.15) is 30.1 Å². The zero-order valence-corrected chi connectivity index (χ0v) is 12.4. The first-order valence-electron chi connectivity index (χ1n) is 6.56. The van der Waals surface area contributed by atoms with Crippen molar-refractivity contribution in [3.63, 3.8) is 0 Å². The minimum atomic E-state index is -5.08. The molecule has 142 valence electrons. The van der Waals surface area contributed by atoms with Crippen molar-refractivity contribution in [3.8, 4) is 0 Å². The monoisotopic (exact) mass is 376 g/mol. The Morgan fingerprint density at radius 1 is 1.08 bits per heavy atom. The van der Waals surface area contributed by atoms with E-state index in [2.05, 4.69) is 11.1 Å². The highest BCUT2D eigenvalue weighted by atomic mass is 19.4. The van der Waals surface area contributed by atoms with E-state index < -0.39 is 24.3 Å². The topological polar surface area (TPSA) is 114 Å². The third-order valence-corrected chi connectivity index (χ3v) is 2.72. The summed E-state index contributed by atoms with van der Waals surface area (Å²) in [6, 6.07) is 4.29. The molecule has 0 radical (unpaired) electrons. The molecule has 0 saturated heterocycles. The number of halogens is 6. The number of nitrogens with zero attached hydrogens (tertiary/aromatic N) is 1. The van der Waals surface area contributed by atoms with E-state index in [0.29, 0.717) is 0 Å². The molecule has 0 aromatic carbocycles. The van der Waals surface area contributed by atoms with Gasteiger partial charge in [-0.3, -0.25) is 4.98 Å². The SMILES string of the molecule is N[C@H]1CCCc2cccnc21.O=C(O)C(F)(F)F.O=C(O)C(F)(F)F. The summed E-state index contributed by atoms with van der Waals surface area (Å²) >= 11 is 0. The maximum absolute atomic E-state index is 10.6. The molecular formula is C13H14F6N2O4. The average Bonchev–Trinajstić information content (AvgIpc) is 2.47. The second-order valence-corrected chi connectivity index (χ2v) is 4.65. The van der Waals surface area contributed by atoms with Crippen molar-refractivity contribution in [2.75, 3.05) is 0 Å². The Morgan fingerprint density at radius 2 is 1.52 bits per heavy atom. The summed E-state index contributed by atoms with van der Waals surface area (Å²) in [5, 5.41) is 14.2.